The Morgan fingerprint density at radius 2 is 2.21 bits per heavy atom. The van der Waals surface area contributed by atoms with Crippen molar-refractivity contribution in [2.45, 2.75) is 32.2 Å². The lowest BCUT2D eigenvalue weighted by molar-refractivity contribution is -0.122. The lowest BCUT2D eigenvalue weighted by Gasteiger charge is -2.09. The fourth-order valence-corrected chi connectivity index (χ4v) is 3.03. The number of nitrogens with one attached hydrogen (secondary N) is 1. The van der Waals surface area contributed by atoms with E-state index in [1.807, 2.05) is 6.92 Å². The molecule has 0 spiro atoms. The number of fused-ring (bicyclic) bond motifs is 1. The van der Waals surface area contributed by atoms with E-state index in [2.05, 4.69) is 35.0 Å². The predicted molar refractivity (Wildman–Crippen MR) is 81.4 cm³/mol. The maximum absolute atomic E-state index is 11.5. The van der Waals surface area contributed by atoms with Gasteiger partial charge in [0.1, 0.15) is 0 Å². The third-order valence-corrected chi connectivity index (χ3v) is 4.27. The molecule has 0 bridgehead atoms. The van der Waals surface area contributed by atoms with E-state index >= 15 is 0 Å². The number of nitrogens with two attached hydrogens (primary N) is 1. The van der Waals surface area contributed by atoms with Crippen LogP contribution in [0.25, 0.3) is 10.1 Å². The Hall–Kier alpha value is -1.39. The summed E-state index contributed by atoms with van der Waals surface area (Å²) in [6.45, 7) is 2.61. The van der Waals surface area contributed by atoms with Crippen molar-refractivity contribution in [3.05, 3.63) is 35.2 Å². The van der Waals surface area contributed by atoms with Crippen molar-refractivity contribution in [3.8, 4) is 0 Å². The summed E-state index contributed by atoms with van der Waals surface area (Å²) in [5.41, 5.74) is 7.03. The van der Waals surface area contributed by atoms with E-state index < -0.39 is 0 Å². The van der Waals surface area contributed by atoms with Crippen molar-refractivity contribution in [1.82, 2.24) is 5.32 Å². The molecule has 0 fully saturated rings. The van der Waals surface area contributed by atoms with Crippen LogP contribution < -0.4 is 11.1 Å². The second-order valence-corrected chi connectivity index (χ2v) is 5.58. The summed E-state index contributed by atoms with van der Waals surface area (Å²) in [5, 5.41) is 6.43. The third-order valence-electron chi connectivity index (χ3n) is 3.26. The summed E-state index contributed by atoms with van der Waals surface area (Å²) in [6.07, 6.45) is 2.62. The first-order valence-corrected chi connectivity index (χ1v) is 7.58. The quantitative estimate of drug-likeness (QED) is 0.797. The molecule has 1 aromatic carbocycles. The Kier molecular flexibility index (Phi) is 4.93. The Bertz CT molecular complexity index is 550. The van der Waals surface area contributed by atoms with Gasteiger partial charge in [0.25, 0.3) is 0 Å². The molecule has 0 saturated carbocycles. The van der Waals surface area contributed by atoms with E-state index in [0.717, 1.165) is 12.8 Å². The molecule has 0 aliphatic rings. The third kappa shape index (κ3) is 3.55. The first-order chi connectivity index (χ1) is 9.22. The molecule has 3 N–H and O–H groups in total. The van der Waals surface area contributed by atoms with Crippen LogP contribution in [0, 0.1) is 0 Å². The molecule has 1 atom stereocenters. The zero-order chi connectivity index (χ0) is 13.7. The number of benzene rings is 1. The molecule has 4 heteroatoms. The molecule has 102 valence electrons. The first kappa shape index (κ1) is 14.0. The van der Waals surface area contributed by atoms with Crippen LogP contribution in [-0.2, 0) is 11.2 Å². The molecule has 1 aromatic heterocycles. The van der Waals surface area contributed by atoms with Gasteiger partial charge >= 0.3 is 0 Å². The summed E-state index contributed by atoms with van der Waals surface area (Å²) in [5.74, 6) is -0.0438. The second-order valence-electron chi connectivity index (χ2n) is 4.67. The normalized spacial score (nSPS) is 12.5. The number of rotatable bonds is 6. The van der Waals surface area contributed by atoms with Crippen molar-refractivity contribution < 1.29 is 4.79 Å². The molecular formula is C15H20N2OS. The van der Waals surface area contributed by atoms with E-state index in [0.29, 0.717) is 13.0 Å². The Labute approximate surface area is 117 Å². The van der Waals surface area contributed by atoms with Gasteiger partial charge in [0.05, 0.1) is 6.04 Å². The number of carbonyl (C=O) groups is 1. The lowest BCUT2D eigenvalue weighted by Crippen LogP contribution is -2.40. The Balaban J connectivity index is 1.82. The van der Waals surface area contributed by atoms with Crippen LogP contribution in [0.2, 0.25) is 0 Å². The van der Waals surface area contributed by atoms with E-state index in [4.69, 9.17) is 5.73 Å². The fraction of sp³-hybridized carbons (Fsp3) is 0.400. The van der Waals surface area contributed by atoms with Crippen molar-refractivity contribution >= 4 is 27.3 Å². The molecule has 0 radical (unpaired) electrons. The number of thiophene rings is 1. The average Bonchev–Trinajstić information content (AvgIpc) is 2.86. The van der Waals surface area contributed by atoms with Gasteiger partial charge in [-0.2, -0.15) is 0 Å². The standard InChI is InChI=1S/C15H20N2OS/c1-2-13(16)15(18)17-9-5-6-11-10-19-14-8-4-3-7-12(11)14/h3-4,7-8,10,13H,2,5-6,9,16H2,1H3,(H,17,18)/t13-/m0/s1. The number of carbonyl (C=O) groups excluding carboxylic acids is 1. The number of hydrogen-bond acceptors (Lipinski definition) is 3. The van der Waals surface area contributed by atoms with Crippen LogP contribution in [0.4, 0.5) is 0 Å². The van der Waals surface area contributed by atoms with E-state index in [9.17, 15) is 4.79 Å². The number of hydrogen-bond donors (Lipinski definition) is 2. The largest absolute Gasteiger partial charge is 0.355 e. The molecule has 0 aliphatic carbocycles. The van der Waals surface area contributed by atoms with Gasteiger partial charge in [-0.15, -0.1) is 11.3 Å². The molecule has 19 heavy (non-hydrogen) atoms. The monoisotopic (exact) mass is 276 g/mol. The topological polar surface area (TPSA) is 55.1 Å². The fourth-order valence-electron chi connectivity index (χ4n) is 2.03. The molecule has 0 aliphatic heterocycles. The number of aryl methyl sites for hydroxylation is 1. The van der Waals surface area contributed by atoms with Gasteiger partial charge in [0.15, 0.2) is 0 Å². The molecule has 0 unspecified atom stereocenters. The summed E-state index contributed by atoms with van der Waals surface area (Å²) in [6, 6.07) is 8.07. The van der Waals surface area contributed by atoms with Crippen molar-refractivity contribution in [2.24, 2.45) is 5.73 Å². The molecule has 3 nitrogen and oxygen atoms in total. The van der Waals surface area contributed by atoms with Gasteiger partial charge in [-0.1, -0.05) is 25.1 Å². The number of amides is 1. The average molecular weight is 276 g/mol. The zero-order valence-electron chi connectivity index (χ0n) is 11.2. The minimum absolute atomic E-state index is 0.0438. The molecule has 1 amide bonds. The van der Waals surface area contributed by atoms with Gasteiger partial charge in [-0.25, -0.2) is 0 Å². The van der Waals surface area contributed by atoms with Crippen LogP contribution >= 0.6 is 11.3 Å². The van der Waals surface area contributed by atoms with Crippen LogP contribution in [0.3, 0.4) is 0 Å². The first-order valence-electron chi connectivity index (χ1n) is 6.70. The molecule has 0 saturated heterocycles. The molecule has 2 rings (SSSR count). The zero-order valence-corrected chi connectivity index (χ0v) is 12.0. The van der Waals surface area contributed by atoms with Crippen LogP contribution in [-0.4, -0.2) is 18.5 Å². The van der Waals surface area contributed by atoms with Gasteiger partial charge in [0, 0.05) is 11.2 Å². The molecular weight excluding hydrogens is 256 g/mol. The van der Waals surface area contributed by atoms with E-state index in [1.165, 1.54) is 15.6 Å². The van der Waals surface area contributed by atoms with E-state index in [-0.39, 0.29) is 11.9 Å². The van der Waals surface area contributed by atoms with Gasteiger partial charge in [-0.05, 0) is 41.7 Å². The summed E-state index contributed by atoms with van der Waals surface area (Å²) in [4.78, 5) is 11.5. The van der Waals surface area contributed by atoms with Crippen LogP contribution in [0.15, 0.2) is 29.6 Å². The highest BCUT2D eigenvalue weighted by atomic mass is 32.1. The highest BCUT2D eigenvalue weighted by Gasteiger charge is 2.09. The highest BCUT2D eigenvalue weighted by Crippen LogP contribution is 2.26. The van der Waals surface area contributed by atoms with Crippen LogP contribution in [0.1, 0.15) is 25.3 Å². The van der Waals surface area contributed by atoms with Gasteiger partial charge < -0.3 is 11.1 Å². The molecule has 1 heterocycles. The summed E-state index contributed by atoms with van der Waals surface area (Å²) < 4.78 is 1.33. The van der Waals surface area contributed by atoms with Gasteiger partial charge in [0.2, 0.25) is 5.91 Å². The Morgan fingerprint density at radius 1 is 1.42 bits per heavy atom. The van der Waals surface area contributed by atoms with Crippen molar-refractivity contribution in [1.29, 1.82) is 0 Å². The maximum atomic E-state index is 11.5. The molecule has 2 aromatic rings. The summed E-state index contributed by atoms with van der Waals surface area (Å²) >= 11 is 1.78. The maximum Gasteiger partial charge on any atom is 0.236 e. The van der Waals surface area contributed by atoms with Crippen LogP contribution in [0.5, 0.6) is 0 Å². The summed E-state index contributed by atoms with van der Waals surface area (Å²) in [7, 11) is 0. The minimum atomic E-state index is -0.373. The van der Waals surface area contributed by atoms with Gasteiger partial charge in [-0.3, -0.25) is 4.79 Å². The Morgan fingerprint density at radius 3 is 3.00 bits per heavy atom. The van der Waals surface area contributed by atoms with E-state index in [1.54, 1.807) is 11.3 Å². The predicted octanol–water partition coefficient (Wildman–Crippen LogP) is 2.69. The SMILES string of the molecule is CC[C@H](N)C(=O)NCCCc1csc2ccccc12. The second kappa shape index (κ2) is 6.68. The lowest BCUT2D eigenvalue weighted by atomic mass is 10.1. The van der Waals surface area contributed by atoms with Crippen molar-refractivity contribution in [3.63, 3.8) is 0 Å². The minimum Gasteiger partial charge on any atom is -0.355 e. The highest BCUT2D eigenvalue weighted by molar-refractivity contribution is 7.17. The van der Waals surface area contributed by atoms with Crippen molar-refractivity contribution in [2.75, 3.05) is 6.54 Å². The smallest absolute Gasteiger partial charge is 0.236 e.